The molecule has 302 valence electrons. The number of carboxylic acid groups (broad SMARTS) is 1. The molecule has 2 fully saturated rings. The van der Waals surface area contributed by atoms with Crippen LogP contribution in [0.15, 0.2) is 66.7 Å². The number of alkyl halides is 6. The summed E-state index contributed by atoms with van der Waals surface area (Å²) in [5, 5.41) is 9.15. The number of aliphatic carboxylic acids is 1. The van der Waals surface area contributed by atoms with E-state index >= 15 is 0 Å². The molecule has 3 aromatic carbocycles. The molecule has 2 saturated heterocycles. The van der Waals surface area contributed by atoms with Crippen molar-refractivity contribution in [3.05, 3.63) is 106 Å². The van der Waals surface area contributed by atoms with Crippen LogP contribution in [0.25, 0.3) is 0 Å². The molecule has 2 heterocycles. The molecule has 16 heteroatoms. The molecular formula is C40H42F7N3O6. The van der Waals surface area contributed by atoms with E-state index in [1.54, 1.807) is 14.0 Å². The van der Waals surface area contributed by atoms with Crippen LogP contribution < -0.4 is 0 Å². The normalized spacial score (nSPS) is 21.6. The Kier molecular flexibility index (Phi) is 11.6. The van der Waals surface area contributed by atoms with Crippen molar-refractivity contribution in [2.24, 2.45) is 0 Å². The number of amides is 2. The van der Waals surface area contributed by atoms with Gasteiger partial charge >= 0.3 is 18.3 Å². The number of nitrogens with zero attached hydrogens (tertiary/aromatic N) is 3. The third-order valence-corrected chi connectivity index (χ3v) is 11.5. The largest absolute Gasteiger partial charge is 0.481 e. The quantitative estimate of drug-likeness (QED) is 0.212. The fourth-order valence-corrected chi connectivity index (χ4v) is 8.20. The number of hydrogen-bond donors (Lipinski definition) is 1. The molecule has 2 aliphatic heterocycles. The van der Waals surface area contributed by atoms with Crippen LogP contribution in [0.3, 0.4) is 0 Å². The van der Waals surface area contributed by atoms with Crippen LogP contribution in [0.5, 0.6) is 0 Å². The maximum atomic E-state index is 14.0. The van der Waals surface area contributed by atoms with E-state index in [-0.39, 0.29) is 44.1 Å². The fraction of sp³-hybridized carbons (Fsp3) is 0.475. The molecule has 56 heavy (non-hydrogen) atoms. The molecule has 6 rings (SSSR count). The number of piperidine rings is 1. The lowest BCUT2D eigenvalue weighted by Gasteiger charge is -2.44. The number of likely N-dealkylation sites (N-methyl/N-ethyl adjacent to an activating group) is 1. The molecule has 1 aliphatic carbocycles. The molecular weight excluding hydrogens is 751 g/mol. The summed E-state index contributed by atoms with van der Waals surface area (Å²) in [6, 6.07) is 13.6. The van der Waals surface area contributed by atoms with Crippen LogP contribution in [0.2, 0.25) is 0 Å². The van der Waals surface area contributed by atoms with Gasteiger partial charge < -0.3 is 29.3 Å². The Bertz CT molecular complexity index is 1900. The monoisotopic (exact) mass is 793 g/mol. The van der Waals surface area contributed by atoms with E-state index in [1.165, 1.54) is 29.2 Å². The topological polar surface area (TPSA) is 99.6 Å². The SMILES string of the molecule is CC(CC(=O)O)N(C)C(=O)CO[C@H]1Cc2ccccc2C12CCN(CC[C@@]1(c3ccc(F)cc3)CN(C(=O)c3cc(C(F)(F)F)cc(C(F)(F)F)c3)CO1)CC2. The van der Waals surface area contributed by atoms with Gasteiger partial charge in [0.2, 0.25) is 5.91 Å². The van der Waals surface area contributed by atoms with Crippen LogP contribution in [0.4, 0.5) is 30.7 Å². The lowest BCUT2D eigenvalue weighted by atomic mass is 9.72. The second kappa shape index (κ2) is 15.8. The van der Waals surface area contributed by atoms with Gasteiger partial charge in [-0.25, -0.2) is 4.39 Å². The number of hydrogen-bond acceptors (Lipinski definition) is 6. The molecule has 1 spiro atoms. The van der Waals surface area contributed by atoms with Crippen molar-refractivity contribution in [3.8, 4) is 0 Å². The highest BCUT2D eigenvalue weighted by Crippen LogP contribution is 2.48. The summed E-state index contributed by atoms with van der Waals surface area (Å²) in [7, 11) is 1.55. The highest BCUT2D eigenvalue weighted by Gasteiger charge is 2.50. The van der Waals surface area contributed by atoms with Gasteiger partial charge in [-0.05, 0) is 92.7 Å². The van der Waals surface area contributed by atoms with E-state index in [0.29, 0.717) is 56.6 Å². The minimum absolute atomic E-state index is 0.0367. The lowest BCUT2D eigenvalue weighted by Crippen LogP contribution is -2.50. The molecule has 2 amide bonds. The zero-order valence-electron chi connectivity index (χ0n) is 30.8. The standard InChI is InChI=1S/C40H42F7N3O6/c1-25(17-35(52)53)48(2)34(51)22-55-33-20-26-5-3-4-6-32(26)37(33)11-14-49(15-12-37)16-13-38(28-7-9-31(41)10-8-28)23-50(24-56-38)36(54)27-18-29(39(42,43)44)21-30(19-27)40(45,46)47/h3-10,18-19,21,25,33H,11-17,20,22-24H2,1-2H3,(H,52,53)/t25?,33-,38-/m0/s1. The summed E-state index contributed by atoms with van der Waals surface area (Å²) in [4.78, 5) is 42.4. The Morgan fingerprint density at radius 2 is 1.59 bits per heavy atom. The molecule has 0 bridgehead atoms. The van der Waals surface area contributed by atoms with Crippen molar-refractivity contribution in [1.82, 2.24) is 14.7 Å². The predicted octanol–water partition coefficient (Wildman–Crippen LogP) is 6.88. The highest BCUT2D eigenvalue weighted by molar-refractivity contribution is 5.95. The first-order chi connectivity index (χ1) is 26.3. The zero-order valence-corrected chi connectivity index (χ0v) is 30.8. The molecule has 3 atom stereocenters. The van der Waals surface area contributed by atoms with Crippen molar-refractivity contribution in [2.75, 3.05) is 46.6 Å². The number of likely N-dealkylation sites (tertiary alicyclic amines) is 1. The van der Waals surface area contributed by atoms with Crippen LogP contribution in [0, 0.1) is 5.82 Å². The van der Waals surface area contributed by atoms with Crippen LogP contribution in [-0.4, -0.2) is 96.3 Å². The number of rotatable bonds is 11. The average Bonchev–Trinajstić information content (AvgIpc) is 3.72. The van der Waals surface area contributed by atoms with Gasteiger partial charge in [0.05, 0.1) is 30.2 Å². The number of ether oxygens (including phenoxy) is 2. The zero-order chi connectivity index (χ0) is 40.6. The summed E-state index contributed by atoms with van der Waals surface area (Å²) < 4.78 is 108. The van der Waals surface area contributed by atoms with Gasteiger partial charge in [0.25, 0.3) is 5.91 Å². The third kappa shape index (κ3) is 8.56. The number of halogens is 7. The summed E-state index contributed by atoms with van der Waals surface area (Å²) in [5.41, 5.74) is -2.89. The van der Waals surface area contributed by atoms with Crippen molar-refractivity contribution >= 4 is 17.8 Å². The van der Waals surface area contributed by atoms with E-state index < -0.39 is 70.5 Å². The molecule has 1 unspecified atom stereocenters. The lowest BCUT2D eigenvalue weighted by molar-refractivity contribution is -0.145. The van der Waals surface area contributed by atoms with E-state index in [9.17, 15) is 45.1 Å². The van der Waals surface area contributed by atoms with Crippen LogP contribution >= 0.6 is 0 Å². The Labute approximate surface area is 319 Å². The minimum Gasteiger partial charge on any atom is -0.481 e. The van der Waals surface area contributed by atoms with E-state index in [4.69, 9.17) is 14.6 Å². The van der Waals surface area contributed by atoms with Gasteiger partial charge in [0.15, 0.2) is 0 Å². The first kappa shape index (κ1) is 41.1. The molecule has 3 aliphatic rings. The second-order valence-corrected chi connectivity index (χ2v) is 14.9. The van der Waals surface area contributed by atoms with Crippen LogP contribution in [0.1, 0.15) is 70.8 Å². The Morgan fingerprint density at radius 3 is 2.20 bits per heavy atom. The highest BCUT2D eigenvalue weighted by atomic mass is 19.4. The predicted molar refractivity (Wildman–Crippen MR) is 188 cm³/mol. The van der Waals surface area contributed by atoms with Gasteiger partial charge in [-0.15, -0.1) is 0 Å². The Balaban J connectivity index is 1.17. The molecule has 9 nitrogen and oxygen atoms in total. The van der Waals surface area contributed by atoms with Crippen LogP contribution in [-0.2, 0) is 48.9 Å². The fourth-order valence-electron chi connectivity index (χ4n) is 8.20. The minimum atomic E-state index is -5.13. The van der Waals surface area contributed by atoms with E-state index in [0.717, 1.165) is 16.0 Å². The Morgan fingerprint density at radius 1 is 0.964 bits per heavy atom. The molecule has 0 aromatic heterocycles. The van der Waals surface area contributed by atoms with E-state index in [1.807, 2.05) is 18.2 Å². The third-order valence-electron chi connectivity index (χ3n) is 11.5. The molecule has 1 N–H and O–H groups in total. The summed E-state index contributed by atoms with van der Waals surface area (Å²) in [6.45, 7) is 2.45. The number of fused-ring (bicyclic) bond motifs is 2. The number of carboxylic acids is 1. The first-order valence-electron chi connectivity index (χ1n) is 18.2. The summed E-state index contributed by atoms with van der Waals surface area (Å²) >= 11 is 0. The van der Waals surface area contributed by atoms with Crippen molar-refractivity contribution in [3.63, 3.8) is 0 Å². The van der Waals surface area contributed by atoms with Gasteiger partial charge in [-0.1, -0.05) is 36.4 Å². The van der Waals surface area contributed by atoms with Crippen molar-refractivity contribution in [1.29, 1.82) is 0 Å². The van der Waals surface area contributed by atoms with Gasteiger partial charge in [0, 0.05) is 30.6 Å². The first-order valence-corrected chi connectivity index (χ1v) is 18.2. The number of benzene rings is 3. The maximum Gasteiger partial charge on any atom is 0.416 e. The second-order valence-electron chi connectivity index (χ2n) is 14.9. The van der Waals surface area contributed by atoms with Crippen molar-refractivity contribution in [2.45, 2.75) is 74.5 Å². The van der Waals surface area contributed by atoms with Gasteiger partial charge in [0.1, 0.15) is 24.8 Å². The molecule has 0 saturated carbocycles. The van der Waals surface area contributed by atoms with Gasteiger partial charge in [-0.3, -0.25) is 14.4 Å². The van der Waals surface area contributed by atoms with Crippen molar-refractivity contribution < 1.29 is 59.7 Å². The molecule has 3 aromatic rings. The van der Waals surface area contributed by atoms with Gasteiger partial charge in [-0.2, -0.15) is 26.3 Å². The number of carbonyl (C=O) groups excluding carboxylic acids is 2. The average molecular weight is 794 g/mol. The Hall–Kier alpha value is -4.54. The van der Waals surface area contributed by atoms with E-state index in [2.05, 4.69) is 11.0 Å². The molecule has 0 radical (unpaired) electrons. The smallest absolute Gasteiger partial charge is 0.416 e. The summed E-state index contributed by atoms with van der Waals surface area (Å²) in [6.07, 6.45) is -8.59. The summed E-state index contributed by atoms with van der Waals surface area (Å²) in [5.74, 6) is -2.94. The number of carbonyl (C=O) groups is 3. The maximum absolute atomic E-state index is 14.0.